The fraction of sp³-hybridized carbons (Fsp3) is 0.444. The van der Waals surface area contributed by atoms with Crippen molar-refractivity contribution >= 4 is 7.85 Å². The molecule has 108 valence electrons. The van der Waals surface area contributed by atoms with Gasteiger partial charge in [-0.15, -0.1) is 0 Å². The zero-order valence-electron chi connectivity index (χ0n) is 12.7. The Morgan fingerprint density at radius 3 is 2.86 bits per heavy atom. The van der Waals surface area contributed by atoms with E-state index in [0.29, 0.717) is 5.92 Å². The molecule has 0 spiro atoms. The van der Waals surface area contributed by atoms with Crippen LogP contribution in [0.25, 0.3) is 0 Å². The van der Waals surface area contributed by atoms with Gasteiger partial charge in [-0.3, -0.25) is 0 Å². The molecule has 0 amide bonds. The third-order valence-electron chi connectivity index (χ3n) is 4.70. The van der Waals surface area contributed by atoms with E-state index in [4.69, 9.17) is 7.85 Å². The van der Waals surface area contributed by atoms with Crippen LogP contribution in [0.5, 0.6) is 0 Å². The number of nitrogens with zero attached hydrogens (tertiary/aromatic N) is 1. The summed E-state index contributed by atoms with van der Waals surface area (Å²) in [7, 11) is 5.85. The molecule has 1 unspecified atom stereocenters. The Morgan fingerprint density at radius 2 is 2.10 bits per heavy atom. The molecule has 2 radical (unpaired) electrons. The first-order valence-corrected chi connectivity index (χ1v) is 7.92. The highest BCUT2D eigenvalue weighted by Crippen LogP contribution is 2.37. The third kappa shape index (κ3) is 2.74. The molecule has 2 nitrogen and oxygen atoms in total. The van der Waals surface area contributed by atoms with E-state index < -0.39 is 0 Å². The van der Waals surface area contributed by atoms with Crippen LogP contribution in [0.4, 0.5) is 0 Å². The molecule has 0 aromatic heterocycles. The van der Waals surface area contributed by atoms with Crippen LogP contribution in [0.15, 0.2) is 59.6 Å². The van der Waals surface area contributed by atoms with Crippen molar-refractivity contribution < 1.29 is 0 Å². The lowest BCUT2D eigenvalue weighted by Gasteiger charge is -2.38. The molecular formula is C18H23BN2. The molecule has 1 fully saturated rings. The zero-order valence-corrected chi connectivity index (χ0v) is 12.7. The molecule has 0 aromatic rings. The van der Waals surface area contributed by atoms with Crippen LogP contribution in [-0.4, -0.2) is 25.8 Å². The Balaban J connectivity index is 1.82. The van der Waals surface area contributed by atoms with Crippen LogP contribution in [-0.2, 0) is 0 Å². The highest BCUT2D eigenvalue weighted by Gasteiger charge is 2.26. The van der Waals surface area contributed by atoms with Gasteiger partial charge in [-0.2, -0.15) is 0 Å². The highest BCUT2D eigenvalue weighted by atomic mass is 15.1. The molecule has 0 aromatic carbocycles. The Bertz CT molecular complexity index is 554. The second kappa shape index (κ2) is 6.01. The molecule has 1 N–H and O–H groups in total. The van der Waals surface area contributed by atoms with Crippen LogP contribution in [0.3, 0.4) is 0 Å². The summed E-state index contributed by atoms with van der Waals surface area (Å²) in [5, 5.41) is 3.30. The summed E-state index contributed by atoms with van der Waals surface area (Å²) >= 11 is 0. The molecule has 2 aliphatic heterocycles. The summed E-state index contributed by atoms with van der Waals surface area (Å²) in [5.74, 6) is 0.595. The molecule has 1 atom stereocenters. The van der Waals surface area contributed by atoms with E-state index >= 15 is 0 Å². The van der Waals surface area contributed by atoms with E-state index in [1.165, 1.54) is 29.6 Å². The summed E-state index contributed by atoms with van der Waals surface area (Å²) in [4.78, 5) is 2.40. The molecule has 3 aliphatic rings. The van der Waals surface area contributed by atoms with Crippen molar-refractivity contribution in [1.29, 1.82) is 0 Å². The van der Waals surface area contributed by atoms with Gasteiger partial charge in [0.2, 0.25) is 0 Å². The fourth-order valence-electron chi connectivity index (χ4n) is 3.44. The number of allylic oxidation sites excluding steroid dienone is 4. The number of hydrogen-bond acceptors (Lipinski definition) is 2. The van der Waals surface area contributed by atoms with Gasteiger partial charge in [0.15, 0.2) is 0 Å². The van der Waals surface area contributed by atoms with Gasteiger partial charge < -0.3 is 10.2 Å². The number of piperidine rings is 1. The minimum atomic E-state index is 0.595. The molecule has 3 heteroatoms. The number of nitrogens with one attached hydrogen (secondary N) is 1. The maximum Gasteiger partial charge on any atom is 0.0657 e. The van der Waals surface area contributed by atoms with E-state index in [-0.39, 0.29) is 0 Å². The Hall–Kier alpha value is -1.64. The predicted molar refractivity (Wildman–Crippen MR) is 89.8 cm³/mol. The standard InChI is InChI=1S/C18H23BN2/c1-13-16-7-3-4-8-17(16)18(11-20-13)14(2)21-9-5-6-15(10-19)12-21/h7-8,11,15,20H,1-6,9-10,12H2. The van der Waals surface area contributed by atoms with Gasteiger partial charge >= 0.3 is 0 Å². The third-order valence-corrected chi connectivity index (χ3v) is 4.70. The smallest absolute Gasteiger partial charge is 0.0657 e. The molecular weight excluding hydrogens is 255 g/mol. The predicted octanol–water partition coefficient (Wildman–Crippen LogP) is 3.45. The normalized spacial score (nSPS) is 25.3. The van der Waals surface area contributed by atoms with E-state index in [2.05, 4.69) is 41.7 Å². The van der Waals surface area contributed by atoms with Gasteiger partial charge in [0.1, 0.15) is 0 Å². The van der Waals surface area contributed by atoms with Crippen LogP contribution in [0, 0.1) is 5.92 Å². The first kappa shape index (κ1) is 14.3. The maximum absolute atomic E-state index is 5.85. The minimum Gasteiger partial charge on any atom is -0.371 e. The Labute approximate surface area is 129 Å². The van der Waals surface area contributed by atoms with Crippen molar-refractivity contribution in [3.63, 3.8) is 0 Å². The van der Waals surface area contributed by atoms with E-state index in [0.717, 1.165) is 43.6 Å². The van der Waals surface area contributed by atoms with Crippen molar-refractivity contribution in [1.82, 2.24) is 10.2 Å². The molecule has 21 heavy (non-hydrogen) atoms. The Morgan fingerprint density at radius 1 is 1.33 bits per heavy atom. The van der Waals surface area contributed by atoms with Gasteiger partial charge in [0, 0.05) is 41.8 Å². The van der Waals surface area contributed by atoms with Crippen LogP contribution in [0.2, 0.25) is 6.32 Å². The van der Waals surface area contributed by atoms with E-state index in [9.17, 15) is 0 Å². The number of fused-ring (bicyclic) bond motifs is 1. The van der Waals surface area contributed by atoms with E-state index in [1.54, 1.807) is 0 Å². The average molecular weight is 278 g/mol. The molecule has 3 rings (SSSR count). The molecule has 1 saturated heterocycles. The number of likely N-dealkylation sites (tertiary alicyclic amines) is 1. The monoisotopic (exact) mass is 278 g/mol. The topological polar surface area (TPSA) is 15.3 Å². The lowest BCUT2D eigenvalue weighted by atomic mass is 9.83. The summed E-state index contributed by atoms with van der Waals surface area (Å²) in [6.45, 7) is 10.6. The van der Waals surface area contributed by atoms with Gasteiger partial charge in [0.05, 0.1) is 7.85 Å². The molecule has 2 heterocycles. The lowest BCUT2D eigenvalue weighted by molar-refractivity contribution is 0.234. The van der Waals surface area contributed by atoms with Crippen molar-refractivity contribution in [2.45, 2.75) is 32.0 Å². The lowest BCUT2D eigenvalue weighted by Crippen LogP contribution is -2.36. The number of hydrogen-bond donors (Lipinski definition) is 1. The van der Waals surface area contributed by atoms with Crippen molar-refractivity contribution in [2.75, 3.05) is 13.1 Å². The van der Waals surface area contributed by atoms with Crippen LogP contribution >= 0.6 is 0 Å². The fourth-order valence-corrected chi connectivity index (χ4v) is 3.44. The summed E-state index contributed by atoms with van der Waals surface area (Å²) in [6, 6.07) is 0. The SMILES string of the molecule is [B]CC1CCCN(C(=C)C2=CNC(=C)C3=CCCC=C32)C1. The average Bonchev–Trinajstić information content (AvgIpc) is 2.55. The van der Waals surface area contributed by atoms with Gasteiger partial charge in [-0.25, -0.2) is 0 Å². The molecule has 0 saturated carbocycles. The largest absolute Gasteiger partial charge is 0.371 e. The van der Waals surface area contributed by atoms with Gasteiger partial charge in [-0.05, 0) is 37.2 Å². The molecule has 1 aliphatic carbocycles. The van der Waals surface area contributed by atoms with Crippen molar-refractivity contribution in [2.24, 2.45) is 5.92 Å². The summed E-state index contributed by atoms with van der Waals surface area (Å²) in [6.07, 6.45) is 12.1. The van der Waals surface area contributed by atoms with Gasteiger partial charge in [0.25, 0.3) is 0 Å². The van der Waals surface area contributed by atoms with Gasteiger partial charge in [-0.1, -0.05) is 31.6 Å². The Kier molecular flexibility index (Phi) is 4.09. The molecule has 0 bridgehead atoms. The highest BCUT2D eigenvalue weighted by molar-refractivity contribution is 6.08. The zero-order chi connectivity index (χ0) is 14.8. The second-order valence-electron chi connectivity index (χ2n) is 6.13. The van der Waals surface area contributed by atoms with Crippen LogP contribution < -0.4 is 5.32 Å². The first-order chi connectivity index (χ1) is 10.2. The summed E-state index contributed by atoms with van der Waals surface area (Å²) < 4.78 is 0. The van der Waals surface area contributed by atoms with E-state index in [1.807, 2.05) is 0 Å². The quantitative estimate of drug-likeness (QED) is 0.795. The second-order valence-corrected chi connectivity index (χ2v) is 6.13. The maximum atomic E-state index is 5.85. The van der Waals surface area contributed by atoms with Crippen LogP contribution in [0.1, 0.15) is 25.7 Å². The van der Waals surface area contributed by atoms with Crippen molar-refractivity contribution in [3.8, 4) is 0 Å². The van der Waals surface area contributed by atoms with Crippen molar-refractivity contribution in [3.05, 3.63) is 59.6 Å². The summed E-state index contributed by atoms with van der Waals surface area (Å²) in [5.41, 5.74) is 5.87. The first-order valence-electron chi connectivity index (χ1n) is 7.92. The number of rotatable bonds is 3. The minimum absolute atomic E-state index is 0.595.